The van der Waals surface area contributed by atoms with Crippen molar-refractivity contribution in [2.75, 3.05) is 5.32 Å². The Kier molecular flexibility index (Phi) is 4.96. The van der Waals surface area contributed by atoms with Crippen LogP contribution >= 0.6 is 11.6 Å². The monoisotopic (exact) mass is 315 g/mol. The van der Waals surface area contributed by atoms with E-state index in [0.29, 0.717) is 11.3 Å². The molecule has 6 heteroatoms. The van der Waals surface area contributed by atoms with E-state index in [4.69, 9.17) is 11.6 Å². The van der Waals surface area contributed by atoms with E-state index in [1.54, 1.807) is 31.2 Å². The van der Waals surface area contributed by atoms with E-state index in [1.807, 2.05) is 0 Å². The molecule has 1 atom stereocenters. The van der Waals surface area contributed by atoms with E-state index in [2.05, 4.69) is 10.1 Å². The van der Waals surface area contributed by atoms with Crippen molar-refractivity contribution in [1.29, 1.82) is 0 Å². The zero-order chi connectivity index (χ0) is 15.4. The molecule has 112 valence electrons. The van der Waals surface area contributed by atoms with Crippen molar-refractivity contribution in [3.8, 4) is 5.75 Å². The number of hydrogen-bond donors (Lipinski definition) is 1. The van der Waals surface area contributed by atoms with Crippen LogP contribution in [0.15, 0.2) is 42.5 Å². The summed E-state index contributed by atoms with van der Waals surface area (Å²) in [5, 5.41) is 3.05. The van der Waals surface area contributed by atoms with Gasteiger partial charge in [-0.2, -0.15) is 8.78 Å². The molecule has 2 nitrogen and oxygen atoms in total. The molecule has 0 saturated carbocycles. The van der Waals surface area contributed by atoms with Crippen LogP contribution in [0.3, 0.4) is 0 Å². The number of nitrogens with one attached hydrogen (secondary N) is 1. The molecule has 0 aliphatic heterocycles. The molecular weight excluding hydrogens is 303 g/mol. The zero-order valence-electron chi connectivity index (χ0n) is 11.1. The number of hydrogen-bond acceptors (Lipinski definition) is 2. The fraction of sp³-hybridized carbons (Fsp3) is 0.200. The lowest BCUT2D eigenvalue weighted by Gasteiger charge is -2.18. The van der Waals surface area contributed by atoms with Crippen molar-refractivity contribution < 1.29 is 17.9 Å². The van der Waals surface area contributed by atoms with Crippen molar-refractivity contribution in [3.63, 3.8) is 0 Å². The van der Waals surface area contributed by atoms with Gasteiger partial charge in [0.05, 0.1) is 10.7 Å². The SMILES string of the molecule is CC(Nc1ccccc1OC(F)F)c1ccc(Cl)c(F)c1. The Balaban J connectivity index is 2.19. The van der Waals surface area contributed by atoms with Crippen LogP contribution in [0.5, 0.6) is 5.75 Å². The lowest BCUT2D eigenvalue weighted by Crippen LogP contribution is -2.10. The highest BCUT2D eigenvalue weighted by Crippen LogP contribution is 2.30. The fourth-order valence-electron chi connectivity index (χ4n) is 1.88. The summed E-state index contributed by atoms with van der Waals surface area (Å²) in [6.07, 6.45) is 0. The zero-order valence-corrected chi connectivity index (χ0v) is 11.9. The molecular formula is C15H13ClF3NO. The first-order chi connectivity index (χ1) is 9.97. The third-order valence-corrected chi connectivity index (χ3v) is 3.23. The van der Waals surface area contributed by atoms with Gasteiger partial charge < -0.3 is 10.1 Å². The quantitative estimate of drug-likeness (QED) is 0.813. The van der Waals surface area contributed by atoms with Crippen LogP contribution in [0, 0.1) is 5.82 Å². The predicted molar refractivity (Wildman–Crippen MR) is 76.5 cm³/mol. The average molecular weight is 316 g/mol. The summed E-state index contributed by atoms with van der Waals surface area (Å²) in [7, 11) is 0. The van der Waals surface area contributed by atoms with Crippen molar-refractivity contribution in [2.24, 2.45) is 0 Å². The topological polar surface area (TPSA) is 21.3 Å². The van der Waals surface area contributed by atoms with Crippen LogP contribution in [-0.2, 0) is 0 Å². The van der Waals surface area contributed by atoms with Gasteiger partial charge in [0.15, 0.2) is 0 Å². The molecule has 0 aromatic heterocycles. The summed E-state index contributed by atoms with van der Waals surface area (Å²) in [6.45, 7) is -1.13. The molecule has 1 N–H and O–H groups in total. The molecule has 2 aromatic rings. The van der Waals surface area contributed by atoms with Crippen molar-refractivity contribution >= 4 is 17.3 Å². The van der Waals surface area contributed by atoms with Gasteiger partial charge in [0.1, 0.15) is 11.6 Å². The maximum absolute atomic E-state index is 13.4. The van der Waals surface area contributed by atoms with Crippen molar-refractivity contribution in [1.82, 2.24) is 0 Å². The van der Waals surface area contributed by atoms with Crippen molar-refractivity contribution in [3.05, 3.63) is 58.9 Å². The Morgan fingerprint density at radius 1 is 1.14 bits per heavy atom. The van der Waals surface area contributed by atoms with E-state index < -0.39 is 12.4 Å². The lowest BCUT2D eigenvalue weighted by molar-refractivity contribution is -0.0493. The van der Waals surface area contributed by atoms with Crippen LogP contribution in [0.4, 0.5) is 18.9 Å². The molecule has 0 aliphatic rings. The first-order valence-corrected chi connectivity index (χ1v) is 6.60. The van der Waals surface area contributed by atoms with Gasteiger partial charge in [-0.15, -0.1) is 0 Å². The van der Waals surface area contributed by atoms with Crippen LogP contribution in [0.25, 0.3) is 0 Å². The summed E-state index contributed by atoms with van der Waals surface area (Å²) < 4.78 is 42.6. The minimum atomic E-state index is -2.91. The van der Waals surface area contributed by atoms with Crippen LogP contribution in [-0.4, -0.2) is 6.61 Å². The Hall–Kier alpha value is -1.88. The number of para-hydroxylation sites is 2. The van der Waals surface area contributed by atoms with Gasteiger partial charge in [0.25, 0.3) is 0 Å². The maximum Gasteiger partial charge on any atom is 0.387 e. The predicted octanol–water partition coefficient (Wildman–Crippen LogP) is 5.25. The highest BCUT2D eigenvalue weighted by molar-refractivity contribution is 6.30. The molecule has 2 aromatic carbocycles. The molecule has 0 aliphatic carbocycles. The second kappa shape index (κ2) is 6.72. The Morgan fingerprint density at radius 3 is 2.52 bits per heavy atom. The summed E-state index contributed by atoms with van der Waals surface area (Å²) >= 11 is 5.63. The summed E-state index contributed by atoms with van der Waals surface area (Å²) in [4.78, 5) is 0. The van der Waals surface area contributed by atoms with Gasteiger partial charge in [-0.1, -0.05) is 29.8 Å². The van der Waals surface area contributed by atoms with E-state index >= 15 is 0 Å². The van der Waals surface area contributed by atoms with Gasteiger partial charge >= 0.3 is 6.61 Å². The molecule has 0 spiro atoms. The molecule has 0 bridgehead atoms. The number of alkyl halides is 2. The summed E-state index contributed by atoms with van der Waals surface area (Å²) in [6, 6.07) is 10.4. The van der Waals surface area contributed by atoms with Gasteiger partial charge in [-0.25, -0.2) is 4.39 Å². The Morgan fingerprint density at radius 2 is 1.86 bits per heavy atom. The van der Waals surface area contributed by atoms with Crippen LogP contribution < -0.4 is 10.1 Å². The Labute approximate surface area is 125 Å². The number of ether oxygens (including phenoxy) is 1. The van der Waals surface area contributed by atoms with Gasteiger partial charge in [-0.05, 0) is 36.8 Å². The molecule has 0 amide bonds. The van der Waals surface area contributed by atoms with Gasteiger partial charge in [0.2, 0.25) is 0 Å². The van der Waals surface area contributed by atoms with E-state index in [0.717, 1.165) is 0 Å². The fourth-order valence-corrected chi connectivity index (χ4v) is 2.00. The third kappa shape index (κ3) is 4.04. The first-order valence-electron chi connectivity index (χ1n) is 6.22. The first kappa shape index (κ1) is 15.5. The molecule has 0 radical (unpaired) electrons. The smallest absolute Gasteiger partial charge is 0.387 e. The minimum absolute atomic E-state index is 0.0346. The Bertz CT molecular complexity index is 622. The van der Waals surface area contributed by atoms with Gasteiger partial charge in [0, 0.05) is 6.04 Å². The molecule has 0 fully saturated rings. The minimum Gasteiger partial charge on any atom is -0.433 e. The van der Waals surface area contributed by atoms with E-state index in [-0.39, 0.29) is 16.8 Å². The highest BCUT2D eigenvalue weighted by atomic mass is 35.5. The molecule has 21 heavy (non-hydrogen) atoms. The maximum atomic E-state index is 13.4. The second-order valence-electron chi connectivity index (χ2n) is 4.41. The normalized spacial score (nSPS) is 12.3. The number of rotatable bonds is 5. The molecule has 0 heterocycles. The average Bonchev–Trinajstić information content (AvgIpc) is 2.43. The van der Waals surface area contributed by atoms with E-state index in [9.17, 15) is 13.2 Å². The number of halogens is 4. The summed E-state index contributed by atoms with van der Waals surface area (Å²) in [5.41, 5.74) is 1.05. The third-order valence-electron chi connectivity index (χ3n) is 2.92. The number of anilines is 1. The second-order valence-corrected chi connectivity index (χ2v) is 4.82. The molecule has 0 saturated heterocycles. The number of benzene rings is 2. The largest absolute Gasteiger partial charge is 0.433 e. The standard InChI is InChI=1S/C15H13ClF3NO/c1-9(10-6-7-11(16)12(17)8-10)20-13-4-2-3-5-14(13)21-15(18)19/h2-9,15,20H,1H3. The van der Waals surface area contributed by atoms with Crippen LogP contribution in [0.1, 0.15) is 18.5 Å². The highest BCUT2D eigenvalue weighted by Gasteiger charge is 2.13. The van der Waals surface area contributed by atoms with E-state index in [1.165, 1.54) is 18.2 Å². The van der Waals surface area contributed by atoms with Crippen molar-refractivity contribution in [2.45, 2.75) is 19.6 Å². The summed E-state index contributed by atoms with van der Waals surface area (Å²) in [5.74, 6) is -0.492. The molecule has 2 rings (SSSR count). The molecule has 1 unspecified atom stereocenters. The van der Waals surface area contributed by atoms with Gasteiger partial charge in [-0.3, -0.25) is 0 Å². The van der Waals surface area contributed by atoms with Crippen LogP contribution in [0.2, 0.25) is 5.02 Å². The lowest BCUT2D eigenvalue weighted by atomic mass is 10.1.